The fourth-order valence-electron chi connectivity index (χ4n) is 5.56. The van der Waals surface area contributed by atoms with Crippen LogP contribution in [0.25, 0.3) is 11.1 Å². The highest BCUT2D eigenvalue weighted by Crippen LogP contribution is 2.49. The van der Waals surface area contributed by atoms with Gasteiger partial charge in [-0.3, -0.25) is 14.5 Å². The second-order valence-corrected chi connectivity index (χ2v) is 8.54. The molecule has 1 saturated heterocycles. The van der Waals surface area contributed by atoms with Gasteiger partial charge in [0.15, 0.2) is 0 Å². The number of rotatable bonds is 5. The smallest absolute Gasteiger partial charge is 0.258 e. The molecule has 164 valence electrons. The number of anilines is 1. The summed E-state index contributed by atoms with van der Waals surface area (Å²) in [5.74, 6) is -0.352. The number of carbonyl (C=O) groups is 1. The first kappa shape index (κ1) is 20.7. The van der Waals surface area contributed by atoms with Gasteiger partial charge in [-0.25, -0.2) is 0 Å². The van der Waals surface area contributed by atoms with E-state index in [1.165, 1.54) is 0 Å². The number of fused-ring (bicyclic) bond motifs is 3. The molecule has 0 saturated carbocycles. The van der Waals surface area contributed by atoms with Crippen LogP contribution in [0.1, 0.15) is 18.7 Å². The summed E-state index contributed by atoms with van der Waals surface area (Å²) in [5.41, 5.74) is 3.23. The summed E-state index contributed by atoms with van der Waals surface area (Å²) in [6.45, 7) is 3.09. The normalized spacial score (nSPS) is 24.2. The molecule has 1 fully saturated rings. The molecular weight excluding hydrogens is 402 g/mol. The van der Waals surface area contributed by atoms with Gasteiger partial charge in [-0.1, -0.05) is 55.5 Å². The van der Waals surface area contributed by atoms with Crippen LogP contribution in [-0.4, -0.2) is 39.7 Å². The molecule has 3 aromatic rings. The summed E-state index contributed by atoms with van der Waals surface area (Å²) in [7, 11) is 0. The van der Waals surface area contributed by atoms with Crippen molar-refractivity contribution in [2.24, 2.45) is 11.8 Å². The molecule has 6 nitrogen and oxygen atoms in total. The van der Waals surface area contributed by atoms with E-state index in [9.17, 15) is 14.7 Å². The van der Waals surface area contributed by atoms with Gasteiger partial charge in [0.1, 0.15) is 0 Å². The van der Waals surface area contributed by atoms with Crippen LogP contribution >= 0.6 is 0 Å². The van der Waals surface area contributed by atoms with E-state index in [2.05, 4.69) is 10.2 Å². The number of likely N-dealkylation sites (tertiary alicyclic amines) is 1. The molecule has 2 aliphatic heterocycles. The SMILES string of the molecule is CCN1[C@H](C(=O)Nc2ccccc2)[C@@H](CO)[C@@H]2Cn3c(ccc(-c4ccccc4)c3=O)[C@@H]21. The first-order chi connectivity index (χ1) is 15.6. The van der Waals surface area contributed by atoms with Crippen molar-refractivity contribution in [2.45, 2.75) is 25.6 Å². The second kappa shape index (κ2) is 8.37. The molecule has 1 aromatic heterocycles. The topological polar surface area (TPSA) is 74.6 Å². The molecule has 3 heterocycles. The lowest BCUT2D eigenvalue weighted by Gasteiger charge is -2.29. The van der Waals surface area contributed by atoms with E-state index < -0.39 is 6.04 Å². The maximum absolute atomic E-state index is 13.3. The Labute approximate surface area is 187 Å². The zero-order chi connectivity index (χ0) is 22.2. The Morgan fingerprint density at radius 1 is 1.03 bits per heavy atom. The average molecular weight is 430 g/mol. The average Bonchev–Trinajstić information content (AvgIpc) is 3.35. The van der Waals surface area contributed by atoms with Crippen molar-refractivity contribution in [1.29, 1.82) is 0 Å². The number of pyridine rings is 1. The third kappa shape index (κ3) is 3.27. The molecule has 4 atom stereocenters. The number of carbonyl (C=O) groups excluding carboxylic acids is 1. The Bertz CT molecular complexity index is 1180. The van der Waals surface area contributed by atoms with Gasteiger partial charge in [-0.15, -0.1) is 0 Å². The van der Waals surface area contributed by atoms with Crippen molar-refractivity contribution in [3.8, 4) is 11.1 Å². The van der Waals surface area contributed by atoms with E-state index in [0.29, 0.717) is 18.7 Å². The fourth-order valence-corrected chi connectivity index (χ4v) is 5.56. The van der Waals surface area contributed by atoms with Crippen LogP contribution in [0.15, 0.2) is 77.6 Å². The molecular formula is C26H27N3O3. The Morgan fingerprint density at radius 2 is 1.72 bits per heavy atom. The van der Waals surface area contributed by atoms with Crippen LogP contribution in [-0.2, 0) is 11.3 Å². The predicted octanol–water partition coefficient (Wildman–Crippen LogP) is 3.14. The Kier molecular flexibility index (Phi) is 5.41. The van der Waals surface area contributed by atoms with Crippen molar-refractivity contribution in [3.63, 3.8) is 0 Å². The number of nitrogens with zero attached hydrogens (tertiary/aromatic N) is 2. The predicted molar refractivity (Wildman–Crippen MR) is 124 cm³/mol. The summed E-state index contributed by atoms with van der Waals surface area (Å²) in [4.78, 5) is 28.8. The van der Waals surface area contributed by atoms with Gasteiger partial charge in [-0.05, 0) is 36.4 Å². The minimum atomic E-state index is -0.446. The van der Waals surface area contributed by atoms with Crippen molar-refractivity contribution in [3.05, 3.63) is 88.8 Å². The minimum Gasteiger partial charge on any atom is -0.396 e. The van der Waals surface area contributed by atoms with Crippen LogP contribution in [0.2, 0.25) is 0 Å². The zero-order valence-electron chi connectivity index (χ0n) is 18.0. The highest BCUT2D eigenvalue weighted by atomic mass is 16.3. The van der Waals surface area contributed by atoms with Crippen LogP contribution in [0.4, 0.5) is 5.69 Å². The monoisotopic (exact) mass is 429 g/mol. The van der Waals surface area contributed by atoms with Gasteiger partial charge in [0.05, 0.1) is 12.1 Å². The number of aromatic nitrogens is 1. The molecule has 32 heavy (non-hydrogen) atoms. The molecule has 0 spiro atoms. The summed E-state index contributed by atoms with van der Waals surface area (Å²) in [6.07, 6.45) is 0. The molecule has 2 aromatic carbocycles. The van der Waals surface area contributed by atoms with Crippen LogP contribution in [0.3, 0.4) is 0 Å². The first-order valence-corrected chi connectivity index (χ1v) is 11.2. The maximum atomic E-state index is 13.3. The lowest BCUT2D eigenvalue weighted by molar-refractivity contribution is -0.122. The summed E-state index contributed by atoms with van der Waals surface area (Å²) in [6, 6.07) is 22.5. The molecule has 0 bridgehead atoms. The molecule has 1 amide bonds. The highest BCUT2D eigenvalue weighted by molar-refractivity contribution is 5.95. The quantitative estimate of drug-likeness (QED) is 0.654. The van der Waals surface area contributed by atoms with E-state index in [1.807, 2.05) is 84.3 Å². The fraction of sp³-hybridized carbons (Fsp3) is 0.308. The van der Waals surface area contributed by atoms with Crippen LogP contribution < -0.4 is 10.9 Å². The minimum absolute atomic E-state index is 0.00481. The summed E-state index contributed by atoms with van der Waals surface area (Å²) < 4.78 is 1.84. The number of amides is 1. The van der Waals surface area contributed by atoms with Crippen LogP contribution in [0.5, 0.6) is 0 Å². The van der Waals surface area contributed by atoms with E-state index in [0.717, 1.165) is 16.9 Å². The van der Waals surface area contributed by atoms with Crippen molar-refractivity contribution >= 4 is 11.6 Å². The number of para-hydroxylation sites is 1. The van der Waals surface area contributed by atoms with E-state index in [-0.39, 0.29) is 36.0 Å². The van der Waals surface area contributed by atoms with Crippen molar-refractivity contribution in [1.82, 2.24) is 9.47 Å². The zero-order valence-corrected chi connectivity index (χ0v) is 18.0. The van der Waals surface area contributed by atoms with Gasteiger partial charge in [-0.2, -0.15) is 0 Å². The first-order valence-electron chi connectivity index (χ1n) is 11.2. The lowest BCUT2D eigenvalue weighted by Crippen LogP contribution is -2.45. The standard InChI is InChI=1S/C26H27N3O3/c1-2-28-23-20(21(16-30)24(28)25(31)27-18-11-7-4-8-12-18)15-29-22(23)14-13-19(26(29)32)17-9-5-3-6-10-17/h3-14,20-21,23-24,30H,2,15-16H2,1H3,(H,27,31)/t20-,21-,23+,24-/m0/s1. The maximum Gasteiger partial charge on any atom is 0.258 e. The van der Waals surface area contributed by atoms with Gasteiger partial charge in [0.2, 0.25) is 5.91 Å². The number of aliphatic hydroxyl groups excluding tert-OH is 1. The number of hydrogen-bond acceptors (Lipinski definition) is 4. The Balaban J connectivity index is 1.50. The Hall–Kier alpha value is -3.22. The number of benzene rings is 2. The molecule has 0 radical (unpaired) electrons. The number of aliphatic hydroxyl groups is 1. The third-order valence-corrected chi connectivity index (χ3v) is 6.95. The second-order valence-electron chi connectivity index (χ2n) is 8.54. The van der Waals surface area contributed by atoms with Crippen molar-refractivity contribution < 1.29 is 9.90 Å². The van der Waals surface area contributed by atoms with E-state index in [1.54, 1.807) is 0 Å². The molecule has 5 rings (SSSR count). The number of nitrogens with one attached hydrogen (secondary N) is 1. The molecule has 2 N–H and O–H groups in total. The number of likely N-dealkylation sites (N-methyl/N-ethyl adjacent to an activating group) is 1. The summed E-state index contributed by atoms with van der Waals surface area (Å²) >= 11 is 0. The molecule has 0 aliphatic carbocycles. The molecule has 6 heteroatoms. The van der Waals surface area contributed by atoms with E-state index >= 15 is 0 Å². The van der Waals surface area contributed by atoms with Gasteiger partial charge in [0.25, 0.3) is 5.56 Å². The van der Waals surface area contributed by atoms with Gasteiger partial charge < -0.3 is 15.0 Å². The Morgan fingerprint density at radius 3 is 2.38 bits per heavy atom. The lowest BCUT2D eigenvalue weighted by atomic mass is 9.88. The van der Waals surface area contributed by atoms with Crippen molar-refractivity contribution in [2.75, 3.05) is 18.5 Å². The number of hydrogen-bond donors (Lipinski definition) is 2. The van der Waals surface area contributed by atoms with Gasteiger partial charge in [0, 0.05) is 41.9 Å². The summed E-state index contributed by atoms with van der Waals surface area (Å²) in [5, 5.41) is 13.3. The van der Waals surface area contributed by atoms with Gasteiger partial charge >= 0.3 is 0 Å². The largest absolute Gasteiger partial charge is 0.396 e. The van der Waals surface area contributed by atoms with Crippen LogP contribution in [0, 0.1) is 11.8 Å². The molecule has 2 aliphatic rings. The third-order valence-electron chi connectivity index (χ3n) is 6.95. The highest BCUT2D eigenvalue weighted by Gasteiger charge is 2.55. The molecule has 0 unspecified atom stereocenters. The van der Waals surface area contributed by atoms with E-state index in [4.69, 9.17) is 0 Å².